The zero-order valence-electron chi connectivity index (χ0n) is 9.97. The predicted octanol–water partition coefficient (Wildman–Crippen LogP) is 3.78. The van der Waals surface area contributed by atoms with Crippen LogP contribution in [0, 0.1) is 0 Å². The quantitative estimate of drug-likeness (QED) is 0.747. The summed E-state index contributed by atoms with van der Waals surface area (Å²) in [7, 11) is 0. The van der Waals surface area contributed by atoms with Crippen LogP contribution in [-0.4, -0.2) is 6.61 Å². The lowest BCUT2D eigenvalue weighted by Gasteiger charge is -2.01. The first-order valence-electron chi connectivity index (χ1n) is 5.76. The minimum absolute atomic E-state index is 0.417. The number of hydrogen-bond acceptors (Lipinski definition) is 1. The highest BCUT2D eigenvalue weighted by Crippen LogP contribution is 2.08. The van der Waals surface area contributed by atoms with Gasteiger partial charge in [-0.05, 0) is 23.7 Å². The predicted molar refractivity (Wildman–Crippen MR) is 67.4 cm³/mol. The van der Waals surface area contributed by atoms with Gasteiger partial charge in [0.1, 0.15) is 12.4 Å². The van der Waals surface area contributed by atoms with Crippen LogP contribution in [0.25, 0.3) is 6.08 Å². The van der Waals surface area contributed by atoms with Crippen molar-refractivity contribution in [1.82, 2.24) is 0 Å². The molecule has 0 aliphatic rings. The third kappa shape index (κ3) is 3.28. The molecule has 0 fully saturated rings. The lowest BCUT2D eigenvalue weighted by Crippen LogP contribution is -1.92. The van der Waals surface area contributed by atoms with Gasteiger partial charge in [0.25, 0.3) is 0 Å². The second-order valence-electron chi connectivity index (χ2n) is 3.35. The molecule has 0 saturated carbocycles. The van der Waals surface area contributed by atoms with Gasteiger partial charge in [0.2, 0.25) is 0 Å². The van der Waals surface area contributed by atoms with Gasteiger partial charge in [-0.1, -0.05) is 54.6 Å². The average Bonchev–Trinajstić information content (AvgIpc) is 2.38. The summed E-state index contributed by atoms with van der Waals surface area (Å²) in [4.78, 5) is 0. The van der Waals surface area contributed by atoms with Gasteiger partial charge in [-0.25, -0.2) is 0 Å². The molecule has 0 heterocycles. The van der Waals surface area contributed by atoms with Crippen molar-refractivity contribution in [1.29, 1.82) is 0 Å². The van der Waals surface area contributed by atoms with Crippen molar-refractivity contribution in [2.45, 2.75) is 0 Å². The third-order valence-electron chi connectivity index (χ3n) is 2.13. The number of ether oxygens (including phenoxy) is 1. The van der Waals surface area contributed by atoms with E-state index in [1.54, 1.807) is 12.1 Å². The Kier molecular flexibility index (Phi) is 3.32. The zero-order chi connectivity index (χ0) is 11.9. The van der Waals surface area contributed by atoms with Crippen molar-refractivity contribution in [2.24, 2.45) is 0 Å². The smallest absolute Gasteiger partial charge is 0.119 e. The molecule has 1 heteroatoms. The molecule has 0 aliphatic heterocycles. The number of benzene rings is 2. The second-order valence-corrected chi connectivity index (χ2v) is 3.35. The highest BCUT2D eigenvalue weighted by Gasteiger charge is 1.87. The first-order valence-corrected chi connectivity index (χ1v) is 5.26. The van der Waals surface area contributed by atoms with Gasteiger partial charge in [-0.15, -0.1) is 0 Å². The molecule has 80 valence electrons. The van der Waals surface area contributed by atoms with Gasteiger partial charge in [0.05, 0.1) is 1.37 Å². The Morgan fingerprint density at radius 3 is 2.56 bits per heavy atom. The van der Waals surface area contributed by atoms with E-state index in [2.05, 4.69) is 0 Å². The summed E-state index contributed by atoms with van der Waals surface area (Å²) in [6.45, 7) is 0.477. The fourth-order valence-corrected chi connectivity index (χ4v) is 1.35. The minimum atomic E-state index is 0.417. The molecule has 0 amide bonds. The van der Waals surface area contributed by atoms with E-state index in [1.165, 1.54) is 0 Å². The molecule has 2 rings (SSSR count). The summed E-state index contributed by atoms with van der Waals surface area (Å²) < 4.78 is 13.1. The fourth-order valence-electron chi connectivity index (χ4n) is 1.35. The molecule has 0 unspecified atom stereocenters. The van der Waals surface area contributed by atoms with E-state index in [0.29, 0.717) is 18.4 Å². The van der Waals surface area contributed by atoms with Crippen molar-refractivity contribution in [3.05, 3.63) is 72.3 Å². The minimum Gasteiger partial charge on any atom is -0.490 e. The highest BCUT2D eigenvalue weighted by molar-refractivity contribution is 5.48. The summed E-state index contributed by atoms with van der Waals surface area (Å²) in [5.41, 5.74) is 1.15. The van der Waals surface area contributed by atoms with Crippen LogP contribution in [0.4, 0.5) is 0 Å². The Morgan fingerprint density at radius 1 is 1.00 bits per heavy atom. The van der Waals surface area contributed by atoms with Crippen LogP contribution in [0.2, 0.25) is 0 Å². The Morgan fingerprint density at radius 2 is 1.75 bits per heavy atom. The van der Waals surface area contributed by atoms with Crippen LogP contribution in [0.1, 0.15) is 6.93 Å². The molecular weight excluding hydrogens is 196 g/mol. The van der Waals surface area contributed by atoms with E-state index < -0.39 is 0 Å². The van der Waals surface area contributed by atoms with Crippen LogP contribution in [0.15, 0.2) is 66.7 Å². The largest absolute Gasteiger partial charge is 0.490 e. The van der Waals surface area contributed by atoms with E-state index in [9.17, 15) is 0 Å². The van der Waals surface area contributed by atoms with Crippen molar-refractivity contribution >= 4 is 6.08 Å². The third-order valence-corrected chi connectivity index (χ3v) is 2.13. The molecule has 0 atom stereocenters. The van der Waals surface area contributed by atoms with Crippen LogP contribution >= 0.6 is 0 Å². The summed E-state index contributed by atoms with van der Waals surface area (Å²) in [5, 5.41) is 0. The van der Waals surface area contributed by atoms with Crippen LogP contribution in [0.3, 0.4) is 0 Å². The van der Waals surface area contributed by atoms with Crippen LogP contribution in [-0.2, 0) is 0 Å². The van der Waals surface area contributed by atoms with Crippen molar-refractivity contribution in [3.63, 3.8) is 0 Å². The standard InChI is InChI=1S/C15H14O/c1-3-8-14(9-4-1)10-7-13-16-15-11-5-2-6-12-15/h1-12H,13H2/b10-7+/i11D. The summed E-state index contributed by atoms with van der Waals surface area (Å²) in [6, 6.07) is 17.7. The van der Waals surface area contributed by atoms with Crippen LogP contribution in [0.5, 0.6) is 5.75 Å². The molecule has 0 N–H and O–H groups in total. The highest BCUT2D eigenvalue weighted by atomic mass is 16.5. The second kappa shape index (κ2) is 5.76. The summed E-state index contributed by atoms with van der Waals surface area (Å²) in [5.74, 6) is 0.616. The normalized spacial score (nSPS) is 11.4. The fraction of sp³-hybridized carbons (Fsp3) is 0.0667. The number of hydrogen-bond donors (Lipinski definition) is 0. The first-order chi connectivity index (χ1) is 8.36. The molecule has 0 bridgehead atoms. The molecule has 0 aromatic heterocycles. The number of rotatable bonds is 4. The van der Waals surface area contributed by atoms with Gasteiger partial charge in [0.15, 0.2) is 0 Å². The lowest BCUT2D eigenvalue weighted by atomic mass is 10.2. The molecule has 2 aromatic rings. The average molecular weight is 211 g/mol. The van der Waals surface area contributed by atoms with Crippen molar-refractivity contribution < 1.29 is 6.11 Å². The van der Waals surface area contributed by atoms with E-state index in [1.807, 2.05) is 54.6 Å². The zero-order valence-corrected chi connectivity index (χ0v) is 8.97. The maximum atomic E-state index is 7.62. The maximum absolute atomic E-state index is 7.62. The lowest BCUT2D eigenvalue weighted by molar-refractivity contribution is 0.363. The van der Waals surface area contributed by atoms with Gasteiger partial charge in [-0.3, -0.25) is 0 Å². The Labute approximate surface area is 97.4 Å². The maximum Gasteiger partial charge on any atom is 0.119 e. The van der Waals surface area contributed by atoms with Gasteiger partial charge >= 0.3 is 0 Å². The molecular formula is C15H14O. The molecule has 16 heavy (non-hydrogen) atoms. The van der Waals surface area contributed by atoms with Gasteiger partial charge in [-0.2, -0.15) is 0 Å². The first kappa shape index (κ1) is 9.22. The summed E-state index contributed by atoms with van der Waals surface area (Å²) >= 11 is 0. The molecule has 1 nitrogen and oxygen atoms in total. The van der Waals surface area contributed by atoms with E-state index >= 15 is 0 Å². The van der Waals surface area contributed by atoms with E-state index in [4.69, 9.17) is 6.11 Å². The molecule has 2 aromatic carbocycles. The van der Waals surface area contributed by atoms with Crippen LogP contribution < -0.4 is 4.74 Å². The number of para-hydroxylation sites is 1. The Hall–Kier alpha value is -2.02. The van der Waals surface area contributed by atoms with Crippen molar-refractivity contribution in [2.75, 3.05) is 6.61 Å². The summed E-state index contributed by atoms with van der Waals surface area (Å²) in [6.07, 6.45) is 3.95. The SMILES string of the molecule is [2H]c1ccccc1OC/C=C/c1ccccc1. The van der Waals surface area contributed by atoms with E-state index in [-0.39, 0.29) is 0 Å². The molecule has 0 spiro atoms. The monoisotopic (exact) mass is 211 g/mol. The van der Waals surface area contributed by atoms with Crippen molar-refractivity contribution in [3.8, 4) is 5.75 Å². The molecule has 0 aliphatic carbocycles. The van der Waals surface area contributed by atoms with Gasteiger partial charge in [0, 0.05) is 0 Å². The molecule has 0 saturated heterocycles. The Balaban J connectivity index is 1.88. The topological polar surface area (TPSA) is 9.23 Å². The Bertz CT molecular complexity index is 491. The van der Waals surface area contributed by atoms with Gasteiger partial charge < -0.3 is 4.74 Å². The van der Waals surface area contributed by atoms with E-state index in [0.717, 1.165) is 5.56 Å². The molecule has 0 radical (unpaired) electrons.